The van der Waals surface area contributed by atoms with Crippen LogP contribution < -0.4 is 5.32 Å². The lowest BCUT2D eigenvalue weighted by Gasteiger charge is -2.47. The molecule has 0 saturated carbocycles. The van der Waals surface area contributed by atoms with Crippen LogP contribution in [0.15, 0.2) is 30.2 Å². The Morgan fingerprint density at radius 3 is 2.83 bits per heavy atom. The zero-order valence-electron chi connectivity index (χ0n) is 14.0. The average Bonchev–Trinajstić information content (AvgIpc) is 3.11. The van der Waals surface area contributed by atoms with Gasteiger partial charge in [-0.3, -0.25) is 4.79 Å². The first-order valence-corrected chi connectivity index (χ1v) is 9.44. The molecule has 1 aromatic heterocycles. The van der Waals surface area contributed by atoms with E-state index in [0.29, 0.717) is 19.5 Å². The molecule has 1 N–H and O–H groups in total. The lowest BCUT2D eigenvalue weighted by molar-refractivity contribution is -0.138. The smallest absolute Gasteiger partial charge is 0.317 e. The molecule has 2 fully saturated rings. The van der Waals surface area contributed by atoms with Gasteiger partial charge in [-0.1, -0.05) is 12.1 Å². The van der Waals surface area contributed by atoms with Gasteiger partial charge < -0.3 is 15.1 Å². The van der Waals surface area contributed by atoms with E-state index in [4.69, 9.17) is 0 Å². The van der Waals surface area contributed by atoms with E-state index in [1.807, 2.05) is 27.3 Å². The van der Waals surface area contributed by atoms with Crippen molar-refractivity contribution in [3.05, 3.63) is 35.0 Å². The molecule has 2 aliphatic rings. The Morgan fingerprint density at radius 1 is 1.38 bits per heavy atom. The number of rotatable bonds is 4. The van der Waals surface area contributed by atoms with E-state index < -0.39 is 0 Å². The highest BCUT2D eigenvalue weighted by Gasteiger charge is 2.41. The minimum absolute atomic E-state index is 0.0214. The topological polar surface area (TPSA) is 52.7 Å². The Bertz CT molecular complexity index is 591. The summed E-state index contributed by atoms with van der Waals surface area (Å²) < 4.78 is 0. The van der Waals surface area contributed by atoms with E-state index in [0.717, 1.165) is 38.9 Å². The first-order valence-electron chi connectivity index (χ1n) is 8.56. The Balaban J connectivity index is 1.50. The molecule has 3 amide bonds. The number of hydrogen-bond donors (Lipinski definition) is 1. The number of nitrogens with one attached hydrogen (secondary N) is 1. The lowest BCUT2D eigenvalue weighted by Crippen LogP contribution is -2.53. The van der Waals surface area contributed by atoms with E-state index in [1.54, 1.807) is 17.4 Å². The van der Waals surface area contributed by atoms with Gasteiger partial charge in [-0.15, -0.1) is 17.9 Å². The minimum Gasteiger partial charge on any atom is -0.338 e. The summed E-state index contributed by atoms with van der Waals surface area (Å²) in [6.07, 6.45) is 5.31. The molecule has 1 spiro atoms. The fourth-order valence-corrected chi connectivity index (χ4v) is 4.35. The highest BCUT2D eigenvalue weighted by Crippen LogP contribution is 2.40. The summed E-state index contributed by atoms with van der Waals surface area (Å²) in [6, 6.07) is 4.05. The number of likely N-dealkylation sites (tertiary alicyclic amines) is 2. The lowest BCUT2D eigenvalue weighted by atomic mass is 9.72. The van der Waals surface area contributed by atoms with Gasteiger partial charge in [-0.05, 0) is 36.1 Å². The van der Waals surface area contributed by atoms with Crippen molar-refractivity contribution < 1.29 is 9.59 Å². The number of carbonyl (C=O) groups is 2. The molecule has 0 atom stereocenters. The van der Waals surface area contributed by atoms with Gasteiger partial charge in [0.15, 0.2) is 0 Å². The van der Waals surface area contributed by atoms with Crippen LogP contribution in [0.3, 0.4) is 0 Å². The van der Waals surface area contributed by atoms with Crippen molar-refractivity contribution in [1.29, 1.82) is 0 Å². The summed E-state index contributed by atoms with van der Waals surface area (Å²) in [5, 5.41) is 5.02. The third kappa shape index (κ3) is 3.80. The maximum absolute atomic E-state index is 12.3. The fourth-order valence-electron chi connectivity index (χ4n) is 3.70. The van der Waals surface area contributed by atoms with Crippen molar-refractivity contribution in [2.45, 2.75) is 32.2 Å². The van der Waals surface area contributed by atoms with Gasteiger partial charge in [0.1, 0.15) is 0 Å². The summed E-state index contributed by atoms with van der Waals surface area (Å²) in [5.41, 5.74) is 0.182. The second kappa shape index (κ2) is 7.38. The molecule has 2 aliphatic heterocycles. The molecule has 2 saturated heterocycles. The van der Waals surface area contributed by atoms with E-state index in [1.165, 1.54) is 4.88 Å². The van der Waals surface area contributed by atoms with Crippen LogP contribution in [0.5, 0.6) is 0 Å². The van der Waals surface area contributed by atoms with E-state index >= 15 is 0 Å². The molecular weight excluding hydrogens is 322 g/mol. The molecule has 6 heteroatoms. The SMILES string of the molecule is C=CCN1CC2(CCC1=O)CCN(C(=O)NCc1cccs1)CC2. The van der Waals surface area contributed by atoms with Gasteiger partial charge in [0, 0.05) is 37.5 Å². The number of hydrogen-bond acceptors (Lipinski definition) is 3. The molecule has 0 unspecified atom stereocenters. The molecule has 3 heterocycles. The second-order valence-electron chi connectivity index (χ2n) is 6.79. The van der Waals surface area contributed by atoms with Crippen molar-refractivity contribution in [1.82, 2.24) is 15.1 Å². The molecule has 0 radical (unpaired) electrons. The monoisotopic (exact) mass is 347 g/mol. The Morgan fingerprint density at radius 2 is 2.17 bits per heavy atom. The Kier molecular flexibility index (Phi) is 5.23. The molecule has 130 valence electrons. The predicted molar refractivity (Wildman–Crippen MR) is 95.8 cm³/mol. The van der Waals surface area contributed by atoms with Crippen LogP contribution in [-0.2, 0) is 11.3 Å². The highest BCUT2D eigenvalue weighted by atomic mass is 32.1. The van der Waals surface area contributed by atoms with Crippen molar-refractivity contribution >= 4 is 23.3 Å². The third-order valence-electron chi connectivity index (χ3n) is 5.20. The zero-order chi connectivity index (χ0) is 17.0. The van der Waals surface area contributed by atoms with Crippen LogP contribution in [-0.4, -0.2) is 47.9 Å². The van der Waals surface area contributed by atoms with Crippen LogP contribution in [0, 0.1) is 5.41 Å². The normalized spacial score (nSPS) is 20.2. The molecule has 24 heavy (non-hydrogen) atoms. The van der Waals surface area contributed by atoms with Gasteiger partial charge >= 0.3 is 6.03 Å². The fraction of sp³-hybridized carbons (Fsp3) is 0.556. The summed E-state index contributed by atoms with van der Waals surface area (Å²) in [6.45, 7) is 7.32. The summed E-state index contributed by atoms with van der Waals surface area (Å²) in [4.78, 5) is 29.3. The standard InChI is InChI=1S/C18H25N3O2S/c1-2-9-21-14-18(6-5-16(21)22)7-10-20(11-8-18)17(23)19-13-15-4-3-12-24-15/h2-4,12H,1,5-11,13-14H2,(H,19,23). The van der Waals surface area contributed by atoms with Gasteiger partial charge in [0.05, 0.1) is 6.54 Å². The molecule has 3 rings (SSSR count). The van der Waals surface area contributed by atoms with E-state index in [9.17, 15) is 9.59 Å². The van der Waals surface area contributed by atoms with E-state index in [-0.39, 0.29) is 17.4 Å². The van der Waals surface area contributed by atoms with Gasteiger partial charge in [-0.2, -0.15) is 0 Å². The van der Waals surface area contributed by atoms with Crippen LogP contribution in [0.25, 0.3) is 0 Å². The van der Waals surface area contributed by atoms with Gasteiger partial charge in [0.2, 0.25) is 5.91 Å². The van der Waals surface area contributed by atoms with Crippen molar-refractivity contribution in [3.8, 4) is 0 Å². The number of amides is 3. The van der Waals surface area contributed by atoms with Crippen LogP contribution in [0.2, 0.25) is 0 Å². The minimum atomic E-state index is 0.0214. The first-order chi connectivity index (χ1) is 11.6. The quantitative estimate of drug-likeness (QED) is 0.852. The summed E-state index contributed by atoms with van der Waals surface area (Å²) in [5.74, 6) is 0.233. The summed E-state index contributed by atoms with van der Waals surface area (Å²) >= 11 is 1.66. The molecule has 1 aromatic rings. The number of urea groups is 1. The maximum Gasteiger partial charge on any atom is 0.317 e. The van der Waals surface area contributed by atoms with Crippen molar-refractivity contribution in [2.75, 3.05) is 26.2 Å². The summed E-state index contributed by atoms with van der Waals surface area (Å²) in [7, 11) is 0. The molecule has 0 bridgehead atoms. The third-order valence-corrected chi connectivity index (χ3v) is 6.08. The van der Waals surface area contributed by atoms with Crippen LogP contribution in [0.1, 0.15) is 30.6 Å². The van der Waals surface area contributed by atoms with Crippen molar-refractivity contribution in [3.63, 3.8) is 0 Å². The van der Waals surface area contributed by atoms with Gasteiger partial charge in [0.25, 0.3) is 0 Å². The predicted octanol–water partition coefficient (Wildman–Crippen LogP) is 2.85. The first kappa shape index (κ1) is 17.0. The van der Waals surface area contributed by atoms with Crippen molar-refractivity contribution in [2.24, 2.45) is 5.41 Å². The van der Waals surface area contributed by atoms with Gasteiger partial charge in [-0.25, -0.2) is 4.79 Å². The Labute approximate surface area is 147 Å². The molecule has 5 nitrogen and oxygen atoms in total. The van der Waals surface area contributed by atoms with Crippen LogP contribution >= 0.6 is 11.3 Å². The zero-order valence-corrected chi connectivity index (χ0v) is 14.8. The maximum atomic E-state index is 12.3. The second-order valence-corrected chi connectivity index (χ2v) is 7.82. The highest BCUT2D eigenvalue weighted by molar-refractivity contribution is 7.09. The Hall–Kier alpha value is -1.82. The average molecular weight is 347 g/mol. The number of carbonyl (C=O) groups excluding carboxylic acids is 2. The molecular formula is C18H25N3O2S. The number of thiophene rings is 1. The molecule has 0 aliphatic carbocycles. The van der Waals surface area contributed by atoms with E-state index in [2.05, 4.69) is 11.9 Å². The largest absolute Gasteiger partial charge is 0.338 e. The van der Waals surface area contributed by atoms with Crippen LogP contribution in [0.4, 0.5) is 4.79 Å². The molecule has 0 aromatic carbocycles. The number of nitrogens with zero attached hydrogens (tertiary/aromatic N) is 2. The number of piperidine rings is 2.